The van der Waals surface area contributed by atoms with Gasteiger partial charge in [0, 0.05) is 36.6 Å². The van der Waals surface area contributed by atoms with E-state index in [0.717, 1.165) is 12.1 Å². The van der Waals surface area contributed by atoms with Crippen molar-refractivity contribution in [3.8, 4) is 0 Å². The standard InChI is InChI=1S/C20H19F2N3O4/c1-9-15(18(27)23-8-10-3-4-11(21)7-12(10)22)13-5-6-14-20(29-2)24-19(28)16(17(9)26)25(13)14/h3-4,7,14,20,26H,1,5-6,8H2,2H3,(H,23,27)(H,24,28). The minimum absolute atomic E-state index is 0.0231. The van der Waals surface area contributed by atoms with E-state index in [9.17, 15) is 23.5 Å². The van der Waals surface area contributed by atoms with Crippen LogP contribution in [0.4, 0.5) is 8.78 Å². The third kappa shape index (κ3) is 2.98. The summed E-state index contributed by atoms with van der Waals surface area (Å²) in [5.74, 6) is -2.95. The topological polar surface area (TPSA) is 90.9 Å². The van der Waals surface area contributed by atoms with Crippen molar-refractivity contribution in [2.75, 3.05) is 7.11 Å². The van der Waals surface area contributed by atoms with Gasteiger partial charge in [0.1, 0.15) is 11.6 Å². The number of aliphatic hydroxyl groups excluding tert-OH is 1. The first kappa shape index (κ1) is 19.1. The Hall–Kier alpha value is -3.20. The lowest BCUT2D eigenvalue weighted by Crippen LogP contribution is -2.58. The quantitative estimate of drug-likeness (QED) is 0.713. The minimum atomic E-state index is -0.771. The maximum Gasteiger partial charge on any atom is 0.273 e. The van der Waals surface area contributed by atoms with E-state index in [2.05, 4.69) is 17.2 Å². The Bertz CT molecular complexity index is 1000. The molecule has 4 rings (SSSR count). The monoisotopic (exact) mass is 403 g/mol. The third-order valence-electron chi connectivity index (χ3n) is 5.41. The molecule has 7 nitrogen and oxygen atoms in total. The lowest BCUT2D eigenvalue weighted by molar-refractivity contribution is -0.129. The fourth-order valence-corrected chi connectivity index (χ4v) is 4.04. The van der Waals surface area contributed by atoms with Crippen molar-refractivity contribution < 1.29 is 28.2 Å². The number of rotatable bonds is 4. The fraction of sp³-hybridized carbons (Fsp3) is 0.300. The third-order valence-corrected chi connectivity index (χ3v) is 5.41. The molecule has 0 spiro atoms. The molecule has 0 bridgehead atoms. The molecule has 2 unspecified atom stereocenters. The van der Waals surface area contributed by atoms with E-state index in [1.807, 2.05) is 0 Å². The molecule has 0 saturated carbocycles. The summed E-state index contributed by atoms with van der Waals surface area (Å²) in [6.07, 6.45) is 0.491. The average Bonchev–Trinajstić information content (AvgIpc) is 3.10. The second kappa shape index (κ2) is 7.00. The van der Waals surface area contributed by atoms with Crippen LogP contribution in [0.1, 0.15) is 18.4 Å². The number of carbonyl (C=O) groups excluding carboxylic acids is 2. The van der Waals surface area contributed by atoms with Crippen molar-refractivity contribution in [2.45, 2.75) is 31.7 Å². The number of carbonyl (C=O) groups is 2. The summed E-state index contributed by atoms with van der Waals surface area (Å²) in [5.41, 5.74) is 0.882. The van der Waals surface area contributed by atoms with Gasteiger partial charge in [0.2, 0.25) is 0 Å². The van der Waals surface area contributed by atoms with Crippen molar-refractivity contribution in [2.24, 2.45) is 0 Å². The van der Waals surface area contributed by atoms with Crippen LogP contribution in [0.5, 0.6) is 0 Å². The predicted molar refractivity (Wildman–Crippen MR) is 97.8 cm³/mol. The first-order valence-corrected chi connectivity index (χ1v) is 9.04. The Morgan fingerprint density at radius 3 is 2.90 bits per heavy atom. The summed E-state index contributed by atoms with van der Waals surface area (Å²) >= 11 is 0. The zero-order chi connectivity index (χ0) is 20.9. The summed E-state index contributed by atoms with van der Waals surface area (Å²) in [7, 11) is 1.47. The molecule has 2 amide bonds. The summed E-state index contributed by atoms with van der Waals surface area (Å²) in [5, 5.41) is 15.8. The molecule has 2 saturated heterocycles. The number of halogens is 2. The summed E-state index contributed by atoms with van der Waals surface area (Å²) in [6.45, 7) is 3.61. The van der Waals surface area contributed by atoms with Crippen LogP contribution in [0, 0.1) is 11.6 Å². The van der Waals surface area contributed by atoms with Crippen LogP contribution in [-0.2, 0) is 20.9 Å². The number of allylic oxidation sites excluding steroid dienone is 2. The Morgan fingerprint density at radius 1 is 1.45 bits per heavy atom. The highest BCUT2D eigenvalue weighted by Crippen LogP contribution is 2.44. The van der Waals surface area contributed by atoms with Crippen LogP contribution < -0.4 is 10.6 Å². The lowest BCUT2D eigenvalue weighted by Gasteiger charge is -2.42. The van der Waals surface area contributed by atoms with E-state index in [0.29, 0.717) is 18.5 Å². The summed E-state index contributed by atoms with van der Waals surface area (Å²) in [6, 6.07) is 2.82. The van der Waals surface area contributed by atoms with Crippen LogP contribution in [0.3, 0.4) is 0 Å². The number of nitrogens with zero attached hydrogens (tertiary/aromatic N) is 1. The van der Waals surface area contributed by atoms with Gasteiger partial charge in [-0.15, -0.1) is 0 Å². The van der Waals surface area contributed by atoms with Gasteiger partial charge in [-0.3, -0.25) is 9.59 Å². The molecule has 9 heteroatoms. The molecular formula is C20H19F2N3O4. The van der Waals surface area contributed by atoms with Gasteiger partial charge in [0.05, 0.1) is 11.6 Å². The Labute approximate surface area is 165 Å². The van der Waals surface area contributed by atoms with Crippen molar-refractivity contribution in [1.29, 1.82) is 0 Å². The maximum absolute atomic E-state index is 13.8. The number of aliphatic hydroxyl groups is 1. The number of piperazine rings is 1. The average molecular weight is 403 g/mol. The molecule has 29 heavy (non-hydrogen) atoms. The molecule has 0 aliphatic carbocycles. The molecule has 3 aliphatic rings. The van der Waals surface area contributed by atoms with Crippen molar-refractivity contribution in [1.82, 2.24) is 15.5 Å². The van der Waals surface area contributed by atoms with Gasteiger partial charge in [-0.2, -0.15) is 0 Å². The molecule has 3 heterocycles. The number of ether oxygens (including phenoxy) is 1. The maximum atomic E-state index is 13.8. The number of amides is 2. The van der Waals surface area contributed by atoms with Gasteiger partial charge in [-0.05, 0) is 18.9 Å². The predicted octanol–water partition coefficient (Wildman–Crippen LogP) is 1.74. The molecule has 3 N–H and O–H groups in total. The van der Waals surface area contributed by atoms with Crippen LogP contribution in [0.25, 0.3) is 0 Å². The highest BCUT2D eigenvalue weighted by molar-refractivity contribution is 6.04. The first-order chi connectivity index (χ1) is 13.8. The van der Waals surface area contributed by atoms with Gasteiger partial charge < -0.3 is 25.4 Å². The van der Waals surface area contributed by atoms with E-state index >= 15 is 0 Å². The van der Waals surface area contributed by atoms with Gasteiger partial charge in [-0.1, -0.05) is 12.6 Å². The number of nitrogens with one attached hydrogen (secondary N) is 2. The van der Waals surface area contributed by atoms with E-state index in [1.165, 1.54) is 13.2 Å². The molecule has 0 radical (unpaired) electrons. The number of methoxy groups -OCH3 is 1. The number of hydrogen-bond donors (Lipinski definition) is 3. The van der Waals surface area contributed by atoms with E-state index in [1.54, 1.807) is 4.90 Å². The second-order valence-corrected chi connectivity index (χ2v) is 7.02. The normalized spacial score (nSPS) is 23.3. The fourth-order valence-electron chi connectivity index (χ4n) is 4.04. The molecule has 152 valence electrons. The van der Waals surface area contributed by atoms with Crippen LogP contribution >= 0.6 is 0 Å². The minimum Gasteiger partial charge on any atom is -0.505 e. The summed E-state index contributed by atoms with van der Waals surface area (Å²) < 4.78 is 32.2. The highest BCUT2D eigenvalue weighted by Gasteiger charge is 2.49. The van der Waals surface area contributed by atoms with Gasteiger partial charge >= 0.3 is 0 Å². The smallest absolute Gasteiger partial charge is 0.273 e. The van der Waals surface area contributed by atoms with Crippen molar-refractivity contribution >= 4 is 11.8 Å². The number of hydrogen-bond acceptors (Lipinski definition) is 5. The van der Waals surface area contributed by atoms with Crippen LogP contribution in [0.15, 0.2) is 53.1 Å². The molecule has 0 aromatic heterocycles. The largest absolute Gasteiger partial charge is 0.505 e. The summed E-state index contributed by atoms with van der Waals surface area (Å²) in [4.78, 5) is 26.9. The van der Waals surface area contributed by atoms with Crippen molar-refractivity contribution in [3.63, 3.8) is 0 Å². The first-order valence-electron chi connectivity index (χ1n) is 9.04. The van der Waals surface area contributed by atoms with Crippen LogP contribution in [-0.4, -0.2) is 41.2 Å². The SMILES string of the molecule is C=C1C(O)=C2C(=O)NC(OC)C3CCC(=C1C(=O)NCc1ccc(F)cc1F)N23. The molecule has 2 atom stereocenters. The Balaban J connectivity index is 1.64. The Morgan fingerprint density at radius 2 is 2.21 bits per heavy atom. The van der Waals surface area contributed by atoms with Gasteiger partial charge in [-0.25, -0.2) is 8.78 Å². The zero-order valence-corrected chi connectivity index (χ0v) is 15.6. The van der Waals surface area contributed by atoms with Crippen molar-refractivity contribution in [3.05, 3.63) is 70.3 Å². The lowest BCUT2D eigenvalue weighted by atomic mass is 9.95. The zero-order valence-electron chi connectivity index (χ0n) is 15.6. The van der Waals surface area contributed by atoms with E-state index in [4.69, 9.17) is 4.74 Å². The molecule has 1 aromatic carbocycles. The molecular weight excluding hydrogens is 384 g/mol. The van der Waals surface area contributed by atoms with Gasteiger partial charge in [0.25, 0.3) is 11.8 Å². The van der Waals surface area contributed by atoms with Gasteiger partial charge in [0.15, 0.2) is 17.7 Å². The molecule has 1 aromatic rings. The van der Waals surface area contributed by atoms with Crippen LogP contribution in [0.2, 0.25) is 0 Å². The Kier molecular flexibility index (Phi) is 4.62. The van der Waals surface area contributed by atoms with E-state index < -0.39 is 29.7 Å². The second-order valence-electron chi connectivity index (χ2n) is 7.02. The van der Waals surface area contributed by atoms with E-state index in [-0.39, 0.29) is 40.8 Å². The number of benzene rings is 1. The highest BCUT2D eigenvalue weighted by atomic mass is 19.1. The molecule has 2 fully saturated rings. The molecule has 3 aliphatic heterocycles.